The number of aryl methyl sites for hydroxylation is 1. The Hall–Kier alpha value is -2.49. The maximum atomic E-state index is 12.1. The summed E-state index contributed by atoms with van der Waals surface area (Å²) in [6.45, 7) is 0.645. The Labute approximate surface area is 137 Å². The molecule has 0 spiro atoms. The second-order valence-electron chi connectivity index (χ2n) is 5.23. The predicted molar refractivity (Wildman–Crippen MR) is 91.3 cm³/mol. The summed E-state index contributed by atoms with van der Waals surface area (Å²) < 4.78 is 10.5. The highest BCUT2D eigenvalue weighted by molar-refractivity contribution is 5.96. The lowest BCUT2D eigenvalue weighted by Crippen LogP contribution is -2.25. The number of rotatable bonds is 8. The number of carbonyl (C=O) groups excluding carboxylic acids is 1. The number of para-hydroxylation sites is 2. The number of carbonyl (C=O) groups is 1. The third-order valence-electron chi connectivity index (χ3n) is 3.70. The van der Waals surface area contributed by atoms with Crippen LogP contribution in [0.15, 0.2) is 48.5 Å². The fraction of sp³-hybridized carbons (Fsp3) is 0.316. The van der Waals surface area contributed by atoms with Gasteiger partial charge in [-0.1, -0.05) is 30.3 Å². The van der Waals surface area contributed by atoms with E-state index in [0.29, 0.717) is 17.9 Å². The van der Waals surface area contributed by atoms with E-state index in [9.17, 15) is 4.79 Å². The largest absolute Gasteiger partial charge is 0.496 e. The number of hydrogen-bond acceptors (Lipinski definition) is 3. The monoisotopic (exact) mass is 313 g/mol. The van der Waals surface area contributed by atoms with Gasteiger partial charge in [0.25, 0.3) is 5.91 Å². The second kappa shape index (κ2) is 8.83. The van der Waals surface area contributed by atoms with E-state index in [-0.39, 0.29) is 5.91 Å². The molecule has 0 bridgehead atoms. The fourth-order valence-electron chi connectivity index (χ4n) is 2.48. The molecule has 0 aliphatic carbocycles. The van der Waals surface area contributed by atoms with Crippen molar-refractivity contribution in [2.45, 2.75) is 19.3 Å². The van der Waals surface area contributed by atoms with Gasteiger partial charge in [-0.3, -0.25) is 4.79 Å². The van der Waals surface area contributed by atoms with Crippen LogP contribution in [0.5, 0.6) is 11.5 Å². The molecule has 2 aromatic rings. The third-order valence-corrected chi connectivity index (χ3v) is 3.70. The summed E-state index contributed by atoms with van der Waals surface area (Å²) in [6, 6.07) is 15.3. The molecule has 122 valence electrons. The van der Waals surface area contributed by atoms with Crippen molar-refractivity contribution in [2.75, 3.05) is 20.8 Å². The highest BCUT2D eigenvalue weighted by Crippen LogP contribution is 2.19. The molecule has 2 aromatic carbocycles. The maximum absolute atomic E-state index is 12.1. The molecule has 0 unspecified atom stereocenters. The van der Waals surface area contributed by atoms with Crippen molar-refractivity contribution < 1.29 is 14.3 Å². The normalized spacial score (nSPS) is 10.2. The summed E-state index contributed by atoms with van der Waals surface area (Å²) in [5.74, 6) is 1.42. The lowest BCUT2D eigenvalue weighted by Gasteiger charge is -2.10. The summed E-state index contributed by atoms with van der Waals surface area (Å²) >= 11 is 0. The quantitative estimate of drug-likeness (QED) is 0.759. The zero-order valence-electron chi connectivity index (χ0n) is 13.7. The van der Waals surface area contributed by atoms with E-state index < -0.39 is 0 Å². The van der Waals surface area contributed by atoms with Crippen LogP contribution < -0.4 is 14.8 Å². The van der Waals surface area contributed by atoms with Crippen LogP contribution in [0.2, 0.25) is 0 Å². The van der Waals surface area contributed by atoms with E-state index in [4.69, 9.17) is 9.47 Å². The summed E-state index contributed by atoms with van der Waals surface area (Å²) in [5, 5.41) is 2.94. The molecular weight excluding hydrogens is 290 g/mol. The van der Waals surface area contributed by atoms with E-state index >= 15 is 0 Å². The van der Waals surface area contributed by atoms with Gasteiger partial charge in [-0.25, -0.2) is 0 Å². The molecule has 4 nitrogen and oxygen atoms in total. The number of unbranched alkanes of at least 4 members (excludes halogenated alkanes) is 1. The van der Waals surface area contributed by atoms with Gasteiger partial charge in [-0.15, -0.1) is 0 Å². The minimum atomic E-state index is -0.0975. The molecule has 1 N–H and O–H groups in total. The molecule has 0 aromatic heterocycles. The minimum absolute atomic E-state index is 0.0975. The van der Waals surface area contributed by atoms with Gasteiger partial charge in [0, 0.05) is 6.54 Å². The SMILES string of the molecule is COc1ccccc1CCCCNC(=O)c1ccccc1OC. The summed E-state index contributed by atoms with van der Waals surface area (Å²) in [6.07, 6.45) is 2.85. The molecular formula is C19H23NO3. The first-order chi connectivity index (χ1) is 11.3. The van der Waals surface area contributed by atoms with Crippen LogP contribution in [-0.4, -0.2) is 26.7 Å². The molecule has 0 saturated carbocycles. The molecule has 0 aliphatic heterocycles. The zero-order valence-corrected chi connectivity index (χ0v) is 13.7. The number of hydrogen-bond donors (Lipinski definition) is 1. The Bertz CT molecular complexity index is 640. The smallest absolute Gasteiger partial charge is 0.255 e. The zero-order chi connectivity index (χ0) is 16.5. The standard InChI is InChI=1S/C19H23NO3/c1-22-17-12-5-3-9-15(17)10-7-8-14-20-19(21)16-11-4-6-13-18(16)23-2/h3-6,9,11-13H,7-8,10,14H2,1-2H3,(H,20,21). The number of nitrogens with one attached hydrogen (secondary N) is 1. The molecule has 0 saturated heterocycles. The van der Waals surface area contributed by atoms with Crippen molar-refractivity contribution >= 4 is 5.91 Å². The molecule has 2 rings (SSSR count). The first-order valence-corrected chi connectivity index (χ1v) is 7.79. The van der Waals surface area contributed by atoms with E-state index in [1.54, 1.807) is 26.4 Å². The lowest BCUT2D eigenvalue weighted by atomic mass is 10.1. The Morgan fingerprint density at radius 2 is 1.57 bits per heavy atom. The third kappa shape index (κ3) is 4.74. The first-order valence-electron chi connectivity index (χ1n) is 7.79. The predicted octanol–water partition coefficient (Wildman–Crippen LogP) is 3.46. The highest BCUT2D eigenvalue weighted by Gasteiger charge is 2.10. The van der Waals surface area contributed by atoms with Crippen molar-refractivity contribution in [3.05, 3.63) is 59.7 Å². The van der Waals surface area contributed by atoms with Gasteiger partial charge in [0.1, 0.15) is 11.5 Å². The van der Waals surface area contributed by atoms with Crippen molar-refractivity contribution in [3.63, 3.8) is 0 Å². The number of amides is 1. The number of benzene rings is 2. The molecule has 0 heterocycles. The minimum Gasteiger partial charge on any atom is -0.496 e. The molecule has 1 amide bonds. The van der Waals surface area contributed by atoms with Crippen molar-refractivity contribution in [2.24, 2.45) is 0 Å². The van der Waals surface area contributed by atoms with Gasteiger partial charge in [-0.2, -0.15) is 0 Å². The van der Waals surface area contributed by atoms with Crippen LogP contribution in [0, 0.1) is 0 Å². The second-order valence-corrected chi connectivity index (χ2v) is 5.23. The Kier molecular flexibility index (Phi) is 6.48. The van der Waals surface area contributed by atoms with Gasteiger partial charge in [0.05, 0.1) is 19.8 Å². The molecule has 0 fully saturated rings. The van der Waals surface area contributed by atoms with Crippen LogP contribution in [-0.2, 0) is 6.42 Å². The molecule has 4 heteroatoms. The Morgan fingerprint density at radius 3 is 2.30 bits per heavy atom. The van der Waals surface area contributed by atoms with Crippen LogP contribution in [0.4, 0.5) is 0 Å². The van der Waals surface area contributed by atoms with E-state index in [1.165, 1.54) is 5.56 Å². The van der Waals surface area contributed by atoms with E-state index in [2.05, 4.69) is 11.4 Å². The molecule has 23 heavy (non-hydrogen) atoms. The average molecular weight is 313 g/mol. The molecule has 0 aliphatic rings. The van der Waals surface area contributed by atoms with Crippen LogP contribution in [0.3, 0.4) is 0 Å². The summed E-state index contributed by atoms with van der Waals surface area (Å²) in [7, 11) is 3.26. The van der Waals surface area contributed by atoms with Gasteiger partial charge in [0.2, 0.25) is 0 Å². The summed E-state index contributed by atoms with van der Waals surface area (Å²) in [4.78, 5) is 12.1. The van der Waals surface area contributed by atoms with Crippen molar-refractivity contribution in [3.8, 4) is 11.5 Å². The molecule has 0 radical (unpaired) electrons. The highest BCUT2D eigenvalue weighted by atomic mass is 16.5. The van der Waals surface area contributed by atoms with Crippen LogP contribution >= 0.6 is 0 Å². The number of ether oxygens (including phenoxy) is 2. The fourth-order valence-corrected chi connectivity index (χ4v) is 2.48. The van der Waals surface area contributed by atoms with Gasteiger partial charge >= 0.3 is 0 Å². The van der Waals surface area contributed by atoms with Crippen LogP contribution in [0.25, 0.3) is 0 Å². The van der Waals surface area contributed by atoms with E-state index in [0.717, 1.165) is 25.0 Å². The van der Waals surface area contributed by atoms with Crippen LogP contribution in [0.1, 0.15) is 28.8 Å². The Morgan fingerprint density at radius 1 is 0.913 bits per heavy atom. The Balaban J connectivity index is 1.76. The van der Waals surface area contributed by atoms with Gasteiger partial charge in [-0.05, 0) is 43.0 Å². The van der Waals surface area contributed by atoms with Crippen molar-refractivity contribution in [1.29, 1.82) is 0 Å². The lowest BCUT2D eigenvalue weighted by molar-refractivity contribution is 0.0950. The summed E-state index contributed by atoms with van der Waals surface area (Å²) in [5.41, 5.74) is 1.77. The van der Waals surface area contributed by atoms with Gasteiger partial charge < -0.3 is 14.8 Å². The maximum Gasteiger partial charge on any atom is 0.255 e. The number of methoxy groups -OCH3 is 2. The molecule has 0 atom stereocenters. The van der Waals surface area contributed by atoms with Crippen molar-refractivity contribution in [1.82, 2.24) is 5.32 Å². The van der Waals surface area contributed by atoms with Gasteiger partial charge in [0.15, 0.2) is 0 Å². The first kappa shape index (κ1) is 16.9. The average Bonchev–Trinajstić information content (AvgIpc) is 2.61. The topological polar surface area (TPSA) is 47.6 Å². The van der Waals surface area contributed by atoms with E-state index in [1.807, 2.05) is 30.3 Å².